The minimum absolute atomic E-state index is 0.364. The molecular formula is C12H16N6O2S. The Bertz CT molecular complexity index is 630. The van der Waals surface area contributed by atoms with Crippen molar-refractivity contribution >= 4 is 23.6 Å². The highest BCUT2D eigenvalue weighted by Gasteiger charge is 2.11. The number of thioether (sulfide) groups is 1. The van der Waals surface area contributed by atoms with Gasteiger partial charge in [-0.15, -0.1) is 10.2 Å². The average molecular weight is 308 g/mol. The molecule has 0 saturated carbocycles. The van der Waals surface area contributed by atoms with Crippen molar-refractivity contribution in [1.82, 2.24) is 20.2 Å². The van der Waals surface area contributed by atoms with Crippen LogP contribution in [0.5, 0.6) is 5.75 Å². The van der Waals surface area contributed by atoms with E-state index in [9.17, 15) is 4.79 Å². The number of amides is 1. The van der Waals surface area contributed by atoms with E-state index >= 15 is 0 Å². The lowest BCUT2D eigenvalue weighted by Gasteiger charge is -2.10. The number of ether oxygens (including phenoxy) is 1. The number of nitrogens with zero attached hydrogens (tertiary/aromatic N) is 3. The number of nitrogen functional groups attached to an aromatic ring is 2. The van der Waals surface area contributed by atoms with E-state index in [0.29, 0.717) is 34.8 Å². The van der Waals surface area contributed by atoms with E-state index in [2.05, 4.69) is 15.6 Å². The van der Waals surface area contributed by atoms with Gasteiger partial charge in [0.2, 0.25) is 5.95 Å². The van der Waals surface area contributed by atoms with Crippen molar-refractivity contribution < 1.29 is 9.53 Å². The van der Waals surface area contributed by atoms with Gasteiger partial charge in [0.1, 0.15) is 5.75 Å². The summed E-state index contributed by atoms with van der Waals surface area (Å²) in [6.07, 6.45) is 0. The van der Waals surface area contributed by atoms with Crippen molar-refractivity contribution in [1.29, 1.82) is 0 Å². The number of carbonyl (C=O) groups is 1. The predicted molar refractivity (Wildman–Crippen MR) is 79.7 cm³/mol. The third-order valence-corrected chi connectivity index (χ3v) is 3.69. The molecule has 9 heteroatoms. The first-order chi connectivity index (χ1) is 10.1. The second-order valence-electron chi connectivity index (χ2n) is 4.07. The SMILES string of the molecule is Cn1c(N)nnc1SCCOc1ccccc1C(=O)NN. The summed E-state index contributed by atoms with van der Waals surface area (Å²) in [5.74, 6) is 6.24. The average Bonchev–Trinajstić information content (AvgIpc) is 2.83. The van der Waals surface area contributed by atoms with E-state index in [0.717, 1.165) is 0 Å². The van der Waals surface area contributed by atoms with E-state index in [-0.39, 0.29) is 5.91 Å². The van der Waals surface area contributed by atoms with Crippen LogP contribution < -0.4 is 21.7 Å². The number of nitrogens with two attached hydrogens (primary N) is 2. The number of carbonyl (C=O) groups excluding carboxylic acids is 1. The monoisotopic (exact) mass is 308 g/mol. The van der Waals surface area contributed by atoms with Gasteiger partial charge < -0.3 is 10.5 Å². The van der Waals surface area contributed by atoms with E-state index in [1.165, 1.54) is 11.8 Å². The molecule has 5 N–H and O–H groups in total. The Balaban J connectivity index is 1.89. The number of hydrogen-bond donors (Lipinski definition) is 3. The van der Waals surface area contributed by atoms with E-state index < -0.39 is 0 Å². The number of benzene rings is 1. The Morgan fingerprint density at radius 2 is 2.19 bits per heavy atom. The van der Waals surface area contributed by atoms with Crippen LogP contribution in [0.4, 0.5) is 5.95 Å². The highest BCUT2D eigenvalue weighted by molar-refractivity contribution is 7.99. The van der Waals surface area contributed by atoms with E-state index in [1.807, 2.05) is 0 Å². The topological polar surface area (TPSA) is 121 Å². The number of hydrogen-bond acceptors (Lipinski definition) is 7. The van der Waals surface area contributed by atoms with Gasteiger partial charge in [-0.05, 0) is 12.1 Å². The predicted octanol–water partition coefficient (Wildman–Crippen LogP) is 0.172. The molecule has 0 radical (unpaired) electrons. The quantitative estimate of drug-likeness (QED) is 0.229. The van der Waals surface area contributed by atoms with E-state index in [4.69, 9.17) is 16.3 Å². The van der Waals surface area contributed by atoms with Crippen LogP contribution in [-0.2, 0) is 7.05 Å². The summed E-state index contributed by atoms with van der Waals surface area (Å²) in [6, 6.07) is 6.90. The third-order valence-electron chi connectivity index (χ3n) is 2.70. The standard InChI is InChI=1S/C12H16N6O2S/c1-18-11(13)16-17-12(18)21-7-6-20-9-5-3-2-4-8(9)10(19)15-14/h2-5H,6-7,14H2,1H3,(H2,13,16)(H,15,19). The van der Waals surface area contributed by atoms with Gasteiger partial charge in [0.15, 0.2) is 5.16 Å². The van der Waals surface area contributed by atoms with Crippen LogP contribution >= 0.6 is 11.8 Å². The Labute approximate surface area is 125 Å². The van der Waals surface area contributed by atoms with Gasteiger partial charge in [0.25, 0.3) is 5.91 Å². The van der Waals surface area contributed by atoms with Crippen molar-refractivity contribution in [3.63, 3.8) is 0 Å². The summed E-state index contributed by atoms with van der Waals surface area (Å²) in [5.41, 5.74) is 8.08. The molecule has 0 unspecified atom stereocenters. The molecule has 21 heavy (non-hydrogen) atoms. The lowest BCUT2D eigenvalue weighted by Crippen LogP contribution is -2.30. The number of nitrogens with one attached hydrogen (secondary N) is 1. The fraction of sp³-hybridized carbons (Fsp3) is 0.250. The molecule has 8 nitrogen and oxygen atoms in total. The minimum Gasteiger partial charge on any atom is -0.492 e. The zero-order chi connectivity index (χ0) is 15.2. The fourth-order valence-corrected chi connectivity index (χ4v) is 2.33. The van der Waals surface area contributed by atoms with Gasteiger partial charge in [0, 0.05) is 12.8 Å². The molecule has 0 aliphatic heterocycles. The second-order valence-corrected chi connectivity index (χ2v) is 5.13. The van der Waals surface area contributed by atoms with Crippen LogP contribution in [0.25, 0.3) is 0 Å². The Morgan fingerprint density at radius 1 is 1.43 bits per heavy atom. The van der Waals surface area contributed by atoms with Gasteiger partial charge in [-0.1, -0.05) is 23.9 Å². The Morgan fingerprint density at radius 3 is 2.86 bits per heavy atom. The van der Waals surface area contributed by atoms with Crippen molar-refractivity contribution in [3.8, 4) is 5.75 Å². The molecular weight excluding hydrogens is 292 g/mol. The number of aromatic nitrogens is 3. The van der Waals surface area contributed by atoms with Gasteiger partial charge in [0.05, 0.1) is 12.2 Å². The van der Waals surface area contributed by atoms with Gasteiger partial charge in [-0.25, -0.2) is 5.84 Å². The summed E-state index contributed by atoms with van der Waals surface area (Å²) in [6.45, 7) is 0.409. The first-order valence-electron chi connectivity index (χ1n) is 6.14. The number of rotatable bonds is 6. The summed E-state index contributed by atoms with van der Waals surface area (Å²) in [5, 5.41) is 8.41. The van der Waals surface area contributed by atoms with Gasteiger partial charge in [-0.2, -0.15) is 0 Å². The molecule has 2 rings (SSSR count). The third kappa shape index (κ3) is 3.64. The van der Waals surface area contributed by atoms with Crippen LogP contribution in [0, 0.1) is 0 Å². The highest BCUT2D eigenvalue weighted by atomic mass is 32.2. The van der Waals surface area contributed by atoms with Crippen LogP contribution in [0.15, 0.2) is 29.4 Å². The Kier molecular flexibility index (Phi) is 5.01. The molecule has 2 aromatic rings. The summed E-state index contributed by atoms with van der Waals surface area (Å²) < 4.78 is 7.30. The van der Waals surface area contributed by atoms with Gasteiger partial charge in [-0.3, -0.25) is 14.8 Å². The largest absolute Gasteiger partial charge is 0.492 e. The van der Waals surface area contributed by atoms with Crippen molar-refractivity contribution in [2.75, 3.05) is 18.1 Å². The maximum absolute atomic E-state index is 11.6. The Hall–Kier alpha value is -2.26. The number of para-hydroxylation sites is 1. The fourth-order valence-electron chi connectivity index (χ4n) is 1.59. The first kappa shape index (κ1) is 15.1. The maximum atomic E-state index is 11.6. The summed E-state index contributed by atoms with van der Waals surface area (Å²) >= 11 is 1.47. The zero-order valence-electron chi connectivity index (χ0n) is 11.4. The normalized spacial score (nSPS) is 10.4. The summed E-state index contributed by atoms with van der Waals surface area (Å²) in [4.78, 5) is 11.6. The first-order valence-corrected chi connectivity index (χ1v) is 7.12. The molecule has 0 saturated heterocycles. The minimum atomic E-state index is -0.390. The molecule has 1 aromatic heterocycles. The molecule has 0 aliphatic rings. The molecule has 112 valence electrons. The van der Waals surface area contributed by atoms with Gasteiger partial charge >= 0.3 is 0 Å². The smallest absolute Gasteiger partial charge is 0.268 e. The van der Waals surface area contributed by atoms with E-state index in [1.54, 1.807) is 35.9 Å². The van der Waals surface area contributed by atoms with Crippen molar-refractivity contribution in [2.45, 2.75) is 5.16 Å². The lowest BCUT2D eigenvalue weighted by atomic mass is 10.2. The van der Waals surface area contributed by atoms with Crippen LogP contribution in [-0.4, -0.2) is 33.0 Å². The van der Waals surface area contributed by atoms with Crippen LogP contribution in [0.1, 0.15) is 10.4 Å². The molecule has 0 aliphatic carbocycles. The second kappa shape index (κ2) is 6.95. The zero-order valence-corrected chi connectivity index (χ0v) is 12.3. The summed E-state index contributed by atoms with van der Waals surface area (Å²) in [7, 11) is 1.79. The highest BCUT2D eigenvalue weighted by Crippen LogP contribution is 2.20. The van der Waals surface area contributed by atoms with Crippen LogP contribution in [0.2, 0.25) is 0 Å². The maximum Gasteiger partial charge on any atom is 0.268 e. The lowest BCUT2D eigenvalue weighted by molar-refractivity contribution is 0.0950. The molecule has 1 amide bonds. The van der Waals surface area contributed by atoms with Crippen molar-refractivity contribution in [3.05, 3.63) is 29.8 Å². The number of hydrazine groups is 1. The molecule has 0 atom stereocenters. The molecule has 0 bridgehead atoms. The molecule has 1 heterocycles. The molecule has 0 fully saturated rings. The van der Waals surface area contributed by atoms with Crippen LogP contribution in [0.3, 0.4) is 0 Å². The molecule has 1 aromatic carbocycles. The number of anilines is 1. The van der Waals surface area contributed by atoms with Crippen molar-refractivity contribution in [2.24, 2.45) is 12.9 Å². The molecule has 0 spiro atoms.